The number of aryl methyl sites for hydroxylation is 3. The number of amides is 2. The van der Waals surface area contributed by atoms with Crippen molar-refractivity contribution in [2.45, 2.75) is 20.8 Å². The van der Waals surface area contributed by atoms with E-state index in [-0.39, 0.29) is 18.4 Å². The van der Waals surface area contributed by atoms with Gasteiger partial charge in [-0.15, -0.1) is 0 Å². The molecular weight excluding hydrogens is 374 g/mol. The van der Waals surface area contributed by atoms with E-state index in [0.29, 0.717) is 36.9 Å². The minimum Gasteiger partial charge on any atom is -0.336 e. The molecule has 2 aromatic rings. The standard InChI is InChI=1S/C22H26ClN3O2/c1-15-7-8-18(13-17(15)3)22(28)26-11-9-25(10-12-26)14-20(27)24-21-16(2)5-4-6-19(21)23/h4-8,13H,9-12,14H2,1-3H3,(H,24,27). The molecule has 0 aromatic heterocycles. The van der Waals surface area contributed by atoms with Gasteiger partial charge in [0.05, 0.1) is 17.3 Å². The van der Waals surface area contributed by atoms with Crippen LogP contribution in [-0.4, -0.2) is 54.3 Å². The van der Waals surface area contributed by atoms with Crippen LogP contribution in [0, 0.1) is 20.8 Å². The predicted molar refractivity (Wildman–Crippen MR) is 113 cm³/mol. The Morgan fingerprint density at radius 2 is 1.68 bits per heavy atom. The average Bonchev–Trinajstić information content (AvgIpc) is 2.67. The van der Waals surface area contributed by atoms with Gasteiger partial charge in [0.15, 0.2) is 0 Å². The fraction of sp³-hybridized carbons (Fsp3) is 0.364. The number of halogens is 1. The molecule has 0 bridgehead atoms. The number of benzene rings is 2. The number of nitrogens with zero attached hydrogens (tertiary/aromatic N) is 2. The molecule has 1 aliphatic rings. The zero-order valence-corrected chi connectivity index (χ0v) is 17.3. The van der Waals surface area contributed by atoms with Crippen LogP contribution >= 0.6 is 11.6 Å². The highest BCUT2D eigenvalue weighted by Gasteiger charge is 2.23. The average molecular weight is 400 g/mol. The zero-order valence-electron chi connectivity index (χ0n) is 16.6. The minimum absolute atomic E-state index is 0.0545. The third-order valence-electron chi connectivity index (χ3n) is 5.27. The molecule has 1 fully saturated rings. The van der Waals surface area contributed by atoms with Gasteiger partial charge in [-0.1, -0.05) is 29.8 Å². The SMILES string of the molecule is Cc1ccc(C(=O)N2CCN(CC(=O)Nc3c(C)cccc3Cl)CC2)cc1C. The second kappa shape index (κ2) is 8.76. The van der Waals surface area contributed by atoms with Gasteiger partial charge in [0, 0.05) is 31.7 Å². The van der Waals surface area contributed by atoms with Crippen LogP contribution in [0.1, 0.15) is 27.0 Å². The van der Waals surface area contributed by atoms with Crippen molar-refractivity contribution in [3.63, 3.8) is 0 Å². The Kier molecular flexibility index (Phi) is 6.37. The Morgan fingerprint density at radius 1 is 0.964 bits per heavy atom. The molecule has 1 aliphatic heterocycles. The fourth-order valence-electron chi connectivity index (χ4n) is 3.34. The highest BCUT2D eigenvalue weighted by molar-refractivity contribution is 6.33. The van der Waals surface area contributed by atoms with Crippen molar-refractivity contribution in [3.8, 4) is 0 Å². The number of anilines is 1. The second-order valence-corrected chi connectivity index (χ2v) is 7.75. The summed E-state index contributed by atoms with van der Waals surface area (Å²) < 4.78 is 0. The van der Waals surface area contributed by atoms with Gasteiger partial charge in [-0.2, -0.15) is 0 Å². The Morgan fingerprint density at radius 3 is 2.32 bits per heavy atom. The van der Waals surface area contributed by atoms with E-state index < -0.39 is 0 Å². The molecule has 148 valence electrons. The van der Waals surface area contributed by atoms with Gasteiger partial charge in [-0.25, -0.2) is 0 Å². The van der Waals surface area contributed by atoms with Gasteiger partial charge < -0.3 is 10.2 Å². The lowest BCUT2D eigenvalue weighted by atomic mass is 10.1. The molecule has 6 heteroatoms. The molecule has 0 saturated carbocycles. The van der Waals surface area contributed by atoms with E-state index in [4.69, 9.17) is 11.6 Å². The van der Waals surface area contributed by atoms with Crippen molar-refractivity contribution in [1.29, 1.82) is 0 Å². The van der Waals surface area contributed by atoms with Crippen molar-refractivity contribution in [1.82, 2.24) is 9.80 Å². The van der Waals surface area contributed by atoms with E-state index in [1.807, 2.05) is 56.0 Å². The first-order valence-electron chi connectivity index (χ1n) is 9.49. The van der Waals surface area contributed by atoms with Crippen LogP contribution in [0.5, 0.6) is 0 Å². The van der Waals surface area contributed by atoms with Crippen molar-refractivity contribution in [2.75, 3.05) is 38.0 Å². The van der Waals surface area contributed by atoms with Gasteiger partial charge in [0.2, 0.25) is 5.91 Å². The number of para-hydroxylation sites is 1. The molecule has 2 aromatic carbocycles. The molecule has 1 heterocycles. The number of nitrogens with one attached hydrogen (secondary N) is 1. The molecule has 2 amide bonds. The van der Waals surface area contributed by atoms with Crippen molar-refractivity contribution in [2.24, 2.45) is 0 Å². The number of hydrogen-bond donors (Lipinski definition) is 1. The van der Waals surface area contributed by atoms with Crippen LogP contribution < -0.4 is 5.32 Å². The first-order chi connectivity index (χ1) is 13.3. The summed E-state index contributed by atoms with van der Waals surface area (Å²) in [6.07, 6.45) is 0. The summed E-state index contributed by atoms with van der Waals surface area (Å²) in [5.74, 6) is -0.0379. The molecule has 0 atom stereocenters. The first-order valence-corrected chi connectivity index (χ1v) is 9.87. The first kappa shape index (κ1) is 20.4. The number of carbonyl (C=O) groups excluding carboxylic acids is 2. The molecule has 5 nitrogen and oxygen atoms in total. The molecule has 0 aliphatic carbocycles. The Hall–Kier alpha value is -2.37. The number of piperazine rings is 1. The smallest absolute Gasteiger partial charge is 0.253 e. The van der Waals surface area contributed by atoms with Crippen LogP contribution in [0.3, 0.4) is 0 Å². The zero-order chi connectivity index (χ0) is 20.3. The maximum Gasteiger partial charge on any atom is 0.253 e. The summed E-state index contributed by atoms with van der Waals surface area (Å²) in [5, 5.41) is 3.44. The maximum atomic E-state index is 12.7. The Bertz CT molecular complexity index is 869. The third-order valence-corrected chi connectivity index (χ3v) is 5.58. The van der Waals surface area contributed by atoms with Crippen molar-refractivity contribution >= 4 is 29.1 Å². The molecule has 1 saturated heterocycles. The van der Waals surface area contributed by atoms with Gasteiger partial charge in [-0.05, 0) is 55.7 Å². The molecule has 1 N–H and O–H groups in total. The van der Waals surface area contributed by atoms with Crippen molar-refractivity contribution < 1.29 is 9.59 Å². The van der Waals surface area contributed by atoms with Crippen LogP contribution in [0.25, 0.3) is 0 Å². The normalized spacial score (nSPS) is 14.8. The number of carbonyl (C=O) groups is 2. The summed E-state index contributed by atoms with van der Waals surface area (Å²) in [4.78, 5) is 29.0. The van der Waals surface area contributed by atoms with Gasteiger partial charge in [-0.3, -0.25) is 14.5 Å². The topological polar surface area (TPSA) is 52.7 Å². The van der Waals surface area contributed by atoms with Crippen LogP contribution in [-0.2, 0) is 4.79 Å². The van der Waals surface area contributed by atoms with Gasteiger partial charge in [0.1, 0.15) is 0 Å². The third kappa shape index (κ3) is 4.72. The largest absolute Gasteiger partial charge is 0.336 e. The van der Waals surface area contributed by atoms with E-state index in [0.717, 1.165) is 16.7 Å². The lowest BCUT2D eigenvalue weighted by Gasteiger charge is -2.34. The van der Waals surface area contributed by atoms with E-state index in [2.05, 4.69) is 10.2 Å². The fourth-order valence-corrected chi connectivity index (χ4v) is 3.61. The summed E-state index contributed by atoms with van der Waals surface area (Å²) in [6.45, 7) is 8.83. The molecule has 28 heavy (non-hydrogen) atoms. The van der Waals surface area contributed by atoms with Crippen LogP contribution in [0.4, 0.5) is 5.69 Å². The number of rotatable bonds is 4. The molecular formula is C22H26ClN3O2. The highest BCUT2D eigenvalue weighted by atomic mass is 35.5. The minimum atomic E-state index is -0.0925. The van der Waals surface area contributed by atoms with E-state index in [1.54, 1.807) is 6.07 Å². The molecule has 3 rings (SSSR count). The maximum absolute atomic E-state index is 12.7. The lowest BCUT2D eigenvalue weighted by Crippen LogP contribution is -2.50. The summed E-state index contributed by atoms with van der Waals surface area (Å²) >= 11 is 6.18. The quantitative estimate of drug-likeness (QED) is 0.853. The lowest BCUT2D eigenvalue weighted by molar-refractivity contribution is -0.117. The monoisotopic (exact) mass is 399 g/mol. The van der Waals surface area contributed by atoms with Crippen LogP contribution in [0.15, 0.2) is 36.4 Å². The van der Waals surface area contributed by atoms with E-state index >= 15 is 0 Å². The van der Waals surface area contributed by atoms with Crippen LogP contribution in [0.2, 0.25) is 5.02 Å². The molecule has 0 unspecified atom stereocenters. The summed E-state index contributed by atoms with van der Waals surface area (Å²) in [6, 6.07) is 11.4. The Labute approximate surface area is 171 Å². The Balaban J connectivity index is 1.53. The predicted octanol–water partition coefficient (Wildman–Crippen LogP) is 3.66. The number of hydrogen-bond acceptors (Lipinski definition) is 3. The molecule has 0 spiro atoms. The second-order valence-electron chi connectivity index (χ2n) is 7.35. The summed E-state index contributed by atoms with van der Waals surface area (Å²) in [5.41, 5.74) is 4.63. The van der Waals surface area contributed by atoms with E-state index in [1.165, 1.54) is 5.56 Å². The van der Waals surface area contributed by atoms with E-state index in [9.17, 15) is 9.59 Å². The van der Waals surface area contributed by atoms with Gasteiger partial charge >= 0.3 is 0 Å². The van der Waals surface area contributed by atoms with Gasteiger partial charge in [0.25, 0.3) is 5.91 Å². The molecule has 0 radical (unpaired) electrons. The van der Waals surface area contributed by atoms with Crippen molar-refractivity contribution in [3.05, 3.63) is 63.7 Å². The highest BCUT2D eigenvalue weighted by Crippen LogP contribution is 2.25. The summed E-state index contributed by atoms with van der Waals surface area (Å²) in [7, 11) is 0.